The number of hydrogen-bond donors (Lipinski definition) is 1. The molecule has 3 rings (SSSR count). The summed E-state index contributed by atoms with van der Waals surface area (Å²) in [6.45, 7) is 3.72. The third kappa shape index (κ3) is 1.91. The van der Waals surface area contributed by atoms with Crippen LogP contribution in [0.4, 0.5) is 0 Å². The molecule has 0 aliphatic rings. The van der Waals surface area contributed by atoms with E-state index in [2.05, 4.69) is 15.0 Å². The number of aryl methyl sites for hydroxylation is 2. The average Bonchev–Trinajstić information content (AvgIpc) is 2.42. The van der Waals surface area contributed by atoms with Crippen molar-refractivity contribution in [1.29, 1.82) is 0 Å². The molecule has 3 aromatic rings. The van der Waals surface area contributed by atoms with Crippen LogP contribution in [0.3, 0.4) is 0 Å². The fourth-order valence-electron chi connectivity index (χ4n) is 2.10. The lowest BCUT2D eigenvalue weighted by atomic mass is 10.1. The zero-order valence-corrected chi connectivity index (χ0v) is 10.8. The highest BCUT2D eigenvalue weighted by Crippen LogP contribution is 2.23. The zero-order valence-electron chi connectivity index (χ0n) is 10.8. The summed E-state index contributed by atoms with van der Waals surface area (Å²) in [6, 6.07) is 9.61. The van der Waals surface area contributed by atoms with Gasteiger partial charge in [-0.05, 0) is 19.9 Å². The molecule has 4 nitrogen and oxygen atoms in total. The van der Waals surface area contributed by atoms with E-state index >= 15 is 0 Å². The molecule has 0 radical (unpaired) electrons. The van der Waals surface area contributed by atoms with Gasteiger partial charge in [0.25, 0.3) is 5.56 Å². The van der Waals surface area contributed by atoms with E-state index in [0.717, 1.165) is 27.9 Å². The van der Waals surface area contributed by atoms with E-state index in [0.29, 0.717) is 5.69 Å². The number of hydrogen-bond acceptors (Lipinski definition) is 3. The second kappa shape index (κ2) is 4.31. The summed E-state index contributed by atoms with van der Waals surface area (Å²) in [4.78, 5) is 23.7. The van der Waals surface area contributed by atoms with E-state index in [9.17, 15) is 4.79 Å². The van der Waals surface area contributed by atoms with E-state index in [1.165, 1.54) is 0 Å². The zero-order chi connectivity index (χ0) is 13.4. The monoisotopic (exact) mass is 251 g/mol. The predicted octanol–water partition coefficient (Wildman–Crippen LogP) is 2.60. The van der Waals surface area contributed by atoms with Gasteiger partial charge in [-0.25, -0.2) is 4.98 Å². The Balaban J connectivity index is 2.37. The van der Waals surface area contributed by atoms with E-state index in [4.69, 9.17) is 0 Å². The summed E-state index contributed by atoms with van der Waals surface area (Å²) < 4.78 is 0. The van der Waals surface area contributed by atoms with Crippen molar-refractivity contribution in [1.82, 2.24) is 15.0 Å². The fraction of sp³-hybridized carbons (Fsp3) is 0.133. The number of nitrogens with zero attached hydrogens (tertiary/aromatic N) is 2. The minimum absolute atomic E-state index is 0.179. The van der Waals surface area contributed by atoms with Crippen molar-refractivity contribution in [2.24, 2.45) is 0 Å². The van der Waals surface area contributed by atoms with Crippen LogP contribution in [0, 0.1) is 13.8 Å². The van der Waals surface area contributed by atoms with Gasteiger partial charge in [-0.15, -0.1) is 0 Å². The maximum absolute atomic E-state index is 12.1. The van der Waals surface area contributed by atoms with Crippen LogP contribution in [0.15, 0.2) is 41.3 Å². The average molecular weight is 251 g/mol. The summed E-state index contributed by atoms with van der Waals surface area (Å²) in [5.41, 5.74) is 3.42. The Bertz CT molecular complexity index is 816. The van der Waals surface area contributed by atoms with Gasteiger partial charge in [0.1, 0.15) is 5.69 Å². The predicted molar refractivity (Wildman–Crippen MR) is 75.1 cm³/mol. The summed E-state index contributed by atoms with van der Waals surface area (Å²) in [6.07, 6.45) is 1.72. The number of rotatable bonds is 1. The number of fused-ring (bicyclic) bond motifs is 1. The lowest BCUT2D eigenvalue weighted by molar-refractivity contribution is 1.02. The van der Waals surface area contributed by atoms with Crippen molar-refractivity contribution in [2.75, 3.05) is 0 Å². The second-order valence-corrected chi connectivity index (χ2v) is 4.51. The Labute approximate surface area is 110 Å². The van der Waals surface area contributed by atoms with Gasteiger partial charge in [-0.1, -0.05) is 24.3 Å². The highest BCUT2D eigenvalue weighted by Gasteiger charge is 2.11. The van der Waals surface area contributed by atoms with E-state index < -0.39 is 0 Å². The molecular formula is C15H13N3O. The topological polar surface area (TPSA) is 58.6 Å². The molecule has 2 aromatic heterocycles. The lowest BCUT2D eigenvalue weighted by Gasteiger charge is -2.06. The van der Waals surface area contributed by atoms with Gasteiger partial charge < -0.3 is 4.98 Å². The largest absolute Gasteiger partial charge is 0.323 e. The third-order valence-electron chi connectivity index (χ3n) is 3.23. The molecule has 1 N–H and O–H groups in total. The number of nitrogens with one attached hydrogen (secondary N) is 1. The highest BCUT2D eigenvalue weighted by atomic mass is 16.1. The first-order chi connectivity index (χ1) is 9.16. The summed E-state index contributed by atoms with van der Waals surface area (Å²) >= 11 is 0. The molecule has 0 aliphatic carbocycles. The normalized spacial score (nSPS) is 10.8. The van der Waals surface area contributed by atoms with Gasteiger partial charge in [-0.2, -0.15) is 0 Å². The van der Waals surface area contributed by atoms with E-state index in [1.807, 2.05) is 44.2 Å². The summed E-state index contributed by atoms with van der Waals surface area (Å²) in [7, 11) is 0. The van der Waals surface area contributed by atoms with Crippen LogP contribution in [0.25, 0.3) is 22.2 Å². The Morgan fingerprint density at radius 1 is 1.11 bits per heavy atom. The van der Waals surface area contributed by atoms with Crippen molar-refractivity contribution in [3.05, 3.63) is 58.3 Å². The Morgan fingerprint density at radius 2 is 1.89 bits per heavy atom. The lowest BCUT2D eigenvalue weighted by Crippen LogP contribution is -2.14. The van der Waals surface area contributed by atoms with Gasteiger partial charge in [-0.3, -0.25) is 9.78 Å². The minimum atomic E-state index is -0.179. The Kier molecular flexibility index (Phi) is 2.63. The van der Waals surface area contributed by atoms with Crippen LogP contribution in [-0.4, -0.2) is 15.0 Å². The van der Waals surface area contributed by atoms with Crippen LogP contribution in [0.1, 0.15) is 11.4 Å². The van der Waals surface area contributed by atoms with Gasteiger partial charge in [0.2, 0.25) is 0 Å². The van der Waals surface area contributed by atoms with Crippen molar-refractivity contribution in [2.45, 2.75) is 13.8 Å². The van der Waals surface area contributed by atoms with Gasteiger partial charge in [0.15, 0.2) is 0 Å². The number of para-hydroxylation sites is 1. The molecule has 0 fully saturated rings. The van der Waals surface area contributed by atoms with Crippen LogP contribution < -0.4 is 5.56 Å². The minimum Gasteiger partial charge on any atom is -0.323 e. The molecule has 0 saturated heterocycles. The molecule has 0 bridgehead atoms. The Morgan fingerprint density at radius 3 is 2.74 bits per heavy atom. The number of aromatic nitrogens is 3. The van der Waals surface area contributed by atoms with Gasteiger partial charge >= 0.3 is 0 Å². The van der Waals surface area contributed by atoms with Crippen molar-refractivity contribution in [3.63, 3.8) is 0 Å². The van der Waals surface area contributed by atoms with Crippen LogP contribution in [0.5, 0.6) is 0 Å². The van der Waals surface area contributed by atoms with Crippen LogP contribution in [-0.2, 0) is 0 Å². The molecule has 2 heterocycles. The molecule has 94 valence electrons. The molecule has 0 atom stereocenters. The first kappa shape index (κ1) is 11.6. The Hall–Kier alpha value is -2.49. The third-order valence-corrected chi connectivity index (χ3v) is 3.23. The first-order valence-corrected chi connectivity index (χ1v) is 6.08. The number of H-pyrrole nitrogens is 1. The van der Waals surface area contributed by atoms with Crippen molar-refractivity contribution >= 4 is 10.9 Å². The van der Waals surface area contributed by atoms with E-state index in [1.54, 1.807) is 6.20 Å². The number of aromatic amines is 1. The van der Waals surface area contributed by atoms with Crippen LogP contribution >= 0.6 is 0 Å². The van der Waals surface area contributed by atoms with E-state index in [-0.39, 0.29) is 5.56 Å². The maximum Gasteiger partial charge on any atom is 0.274 e. The SMILES string of the molecule is Cc1nc(-c2cccc3cccnc23)c(=O)[nH]c1C. The molecule has 1 aromatic carbocycles. The summed E-state index contributed by atoms with van der Waals surface area (Å²) in [5.74, 6) is 0. The van der Waals surface area contributed by atoms with Crippen LogP contribution in [0.2, 0.25) is 0 Å². The maximum atomic E-state index is 12.1. The molecule has 0 unspecified atom stereocenters. The number of pyridine rings is 1. The van der Waals surface area contributed by atoms with Crippen molar-refractivity contribution < 1.29 is 0 Å². The highest BCUT2D eigenvalue weighted by molar-refractivity contribution is 5.92. The fourth-order valence-corrected chi connectivity index (χ4v) is 2.10. The number of benzene rings is 1. The molecule has 19 heavy (non-hydrogen) atoms. The van der Waals surface area contributed by atoms with Crippen molar-refractivity contribution in [3.8, 4) is 11.3 Å². The standard InChI is InChI=1S/C15H13N3O/c1-9-10(2)18-15(19)14(17-9)12-7-3-5-11-6-4-8-16-13(11)12/h3-8H,1-2H3,(H,18,19). The second-order valence-electron chi connectivity index (χ2n) is 4.51. The van der Waals surface area contributed by atoms with Gasteiger partial charge in [0, 0.05) is 22.8 Å². The summed E-state index contributed by atoms with van der Waals surface area (Å²) in [5, 5.41) is 0.999. The smallest absolute Gasteiger partial charge is 0.274 e. The molecular weight excluding hydrogens is 238 g/mol. The molecule has 4 heteroatoms. The molecule has 0 aliphatic heterocycles. The quantitative estimate of drug-likeness (QED) is 0.723. The molecule has 0 saturated carbocycles. The molecule has 0 spiro atoms. The molecule has 0 amide bonds. The van der Waals surface area contributed by atoms with Gasteiger partial charge in [0.05, 0.1) is 11.2 Å². The first-order valence-electron chi connectivity index (χ1n) is 6.08.